The summed E-state index contributed by atoms with van der Waals surface area (Å²) in [5, 5.41) is 3.67. The molecule has 0 amide bonds. The number of para-hydroxylation sites is 1. The van der Waals surface area contributed by atoms with Gasteiger partial charge in [-0.15, -0.1) is 0 Å². The average Bonchev–Trinajstić information content (AvgIpc) is 2.81. The molecule has 1 aliphatic carbocycles. The molecule has 17 heavy (non-hydrogen) atoms. The Morgan fingerprint density at radius 2 is 1.82 bits per heavy atom. The lowest BCUT2D eigenvalue weighted by Crippen LogP contribution is -2.35. The van der Waals surface area contributed by atoms with Crippen molar-refractivity contribution in [2.75, 3.05) is 18.0 Å². The molecule has 0 aromatic heterocycles. The SMILES string of the molecule is c1ccc(N2CCCC2)c(CNC2CCC2)c1. The second-order valence-corrected chi connectivity index (χ2v) is 5.33. The second kappa shape index (κ2) is 5.09. The van der Waals surface area contributed by atoms with Crippen LogP contribution in [0.15, 0.2) is 24.3 Å². The Labute approximate surface area is 104 Å². The molecule has 2 heteroatoms. The molecule has 2 nitrogen and oxygen atoms in total. The predicted molar refractivity (Wildman–Crippen MR) is 72.4 cm³/mol. The van der Waals surface area contributed by atoms with Crippen molar-refractivity contribution in [3.63, 3.8) is 0 Å². The van der Waals surface area contributed by atoms with E-state index >= 15 is 0 Å². The van der Waals surface area contributed by atoms with Crippen molar-refractivity contribution in [1.82, 2.24) is 5.32 Å². The van der Waals surface area contributed by atoms with Crippen LogP contribution in [-0.4, -0.2) is 19.1 Å². The highest BCUT2D eigenvalue weighted by atomic mass is 15.1. The Bertz CT molecular complexity index is 365. The van der Waals surface area contributed by atoms with Gasteiger partial charge in [-0.3, -0.25) is 0 Å². The summed E-state index contributed by atoms with van der Waals surface area (Å²) in [5.41, 5.74) is 2.93. The Hall–Kier alpha value is -1.02. The Balaban J connectivity index is 1.68. The van der Waals surface area contributed by atoms with Gasteiger partial charge in [0.1, 0.15) is 0 Å². The summed E-state index contributed by atoms with van der Waals surface area (Å²) >= 11 is 0. The smallest absolute Gasteiger partial charge is 0.0411 e. The number of hydrogen-bond donors (Lipinski definition) is 1. The van der Waals surface area contributed by atoms with Crippen molar-refractivity contribution in [1.29, 1.82) is 0 Å². The number of nitrogens with zero attached hydrogens (tertiary/aromatic N) is 1. The third-order valence-corrected chi connectivity index (χ3v) is 4.12. The summed E-state index contributed by atoms with van der Waals surface area (Å²) in [5.74, 6) is 0. The molecule has 0 atom stereocenters. The van der Waals surface area contributed by atoms with E-state index < -0.39 is 0 Å². The standard InChI is InChI=1S/C15H22N2/c1-2-9-15(17-10-3-4-11-17)13(6-1)12-16-14-7-5-8-14/h1-2,6,9,14,16H,3-5,7-8,10-12H2. The van der Waals surface area contributed by atoms with E-state index in [9.17, 15) is 0 Å². The van der Waals surface area contributed by atoms with Gasteiger partial charge < -0.3 is 10.2 Å². The van der Waals surface area contributed by atoms with Gasteiger partial charge in [-0.1, -0.05) is 24.6 Å². The first-order valence-corrected chi connectivity index (χ1v) is 7.00. The molecule has 2 aliphatic rings. The molecule has 2 fully saturated rings. The number of hydrogen-bond acceptors (Lipinski definition) is 2. The second-order valence-electron chi connectivity index (χ2n) is 5.33. The molecule has 3 rings (SSSR count). The van der Waals surface area contributed by atoms with Crippen LogP contribution in [0, 0.1) is 0 Å². The quantitative estimate of drug-likeness (QED) is 0.855. The lowest BCUT2D eigenvalue weighted by molar-refractivity contribution is 0.338. The molecule has 1 aromatic rings. The lowest BCUT2D eigenvalue weighted by Gasteiger charge is -2.28. The first-order chi connectivity index (χ1) is 8.43. The minimum atomic E-state index is 0.779. The van der Waals surface area contributed by atoms with Gasteiger partial charge >= 0.3 is 0 Å². The van der Waals surface area contributed by atoms with E-state index in [0.29, 0.717) is 0 Å². The molecule has 92 valence electrons. The molecule has 1 N–H and O–H groups in total. The summed E-state index contributed by atoms with van der Waals surface area (Å²) in [6.07, 6.45) is 6.85. The maximum Gasteiger partial charge on any atom is 0.0411 e. The van der Waals surface area contributed by atoms with Crippen molar-refractivity contribution in [2.45, 2.75) is 44.7 Å². The molecule has 1 saturated carbocycles. The zero-order valence-electron chi connectivity index (χ0n) is 10.5. The van der Waals surface area contributed by atoms with Gasteiger partial charge in [0.25, 0.3) is 0 Å². The van der Waals surface area contributed by atoms with Gasteiger partial charge in [0, 0.05) is 31.4 Å². The number of anilines is 1. The maximum absolute atomic E-state index is 3.67. The fraction of sp³-hybridized carbons (Fsp3) is 0.600. The van der Waals surface area contributed by atoms with E-state index in [1.165, 1.54) is 56.4 Å². The summed E-state index contributed by atoms with van der Waals surface area (Å²) in [6, 6.07) is 9.67. The molecule has 0 radical (unpaired) electrons. The number of rotatable bonds is 4. The third-order valence-electron chi connectivity index (χ3n) is 4.12. The number of benzene rings is 1. The zero-order chi connectivity index (χ0) is 11.5. The topological polar surface area (TPSA) is 15.3 Å². The molecule has 1 saturated heterocycles. The lowest BCUT2D eigenvalue weighted by atomic mass is 9.93. The van der Waals surface area contributed by atoms with Crippen LogP contribution >= 0.6 is 0 Å². The minimum absolute atomic E-state index is 0.779. The van der Waals surface area contributed by atoms with Gasteiger partial charge in [0.05, 0.1) is 0 Å². The van der Waals surface area contributed by atoms with Crippen LogP contribution in [0.25, 0.3) is 0 Å². The van der Waals surface area contributed by atoms with Crippen molar-refractivity contribution < 1.29 is 0 Å². The third kappa shape index (κ3) is 2.47. The Kier molecular flexibility index (Phi) is 3.32. The van der Waals surface area contributed by atoms with Gasteiger partial charge in [0.15, 0.2) is 0 Å². The van der Waals surface area contributed by atoms with Crippen LogP contribution in [0.2, 0.25) is 0 Å². The summed E-state index contributed by atoms with van der Waals surface area (Å²) in [4.78, 5) is 2.54. The van der Waals surface area contributed by atoms with Crippen molar-refractivity contribution in [3.05, 3.63) is 29.8 Å². The van der Waals surface area contributed by atoms with E-state index in [2.05, 4.69) is 34.5 Å². The van der Waals surface area contributed by atoms with Crippen LogP contribution in [0.1, 0.15) is 37.7 Å². The van der Waals surface area contributed by atoms with Crippen LogP contribution in [0.4, 0.5) is 5.69 Å². The predicted octanol–water partition coefficient (Wildman–Crippen LogP) is 2.93. The molecule has 0 spiro atoms. The largest absolute Gasteiger partial charge is 0.371 e. The fourth-order valence-corrected chi connectivity index (χ4v) is 2.79. The summed E-state index contributed by atoms with van der Waals surface area (Å²) in [7, 11) is 0. The van der Waals surface area contributed by atoms with Crippen LogP contribution in [-0.2, 0) is 6.54 Å². The monoisotopic (exact) mass is 230 g/mol. The highest BCUT2D eigenvalue weighted by Gasteiger charge is 2.18. The first kappa shape index (κ1) is 11.1. The van der Waals surface area contributed by atoms with E-state index in [-0.39, 0.29) is 0 Å². The van der Waals surface area contributed by atoms with Crippen molar-refractivity contribution in [3.8, 4) is 0 Å². The molecule has 1 aromatic carbocycles. The molecule has 1 aliphatic heterocycles. The van der Waals surface area contributed by atoms with Gasteiger partial charge in [-0.25, -0.2) is 0 Å². The van der Waals surface area contributed by atoms with Gasteiger partial charge in [0.2, 0.25) is 0 Å². The zero-order valence-corrected chi connectivity index (χ0v) is 10.5. The molecule has 1 heterocycles. The number of nitrogens with one attached hydrogen (secondary N) is 1. The van der Waals surface area contributed by atoms with Crippen LogP contribution in [0.5, 0.6) is 0 Å². The summed E-state index contributed by atoms with van der Waals surface area (Å²) < 4.78 is 0. The maximum atomic E-state index is 3.67. The van der Waals surface area contributed by atoms with E-state index in [0.717, 1.165) is 12.6 Å². The molecular formula is C15H22N2. The van der Waals surface area contributed by atoms with E-state index in [4.69, 9.17) is 0 Å². The Morgan fingerprint density at radius 3 is 2.53 bits per heavy atom. The molecule has 0 bridgehead atoms. The minimum Gasteiger partial charge on any atom is -0.371 e. The molecular weight excluding hydrogens is 208 g/mol. The highest BCUT2D eigenvalue weighted by molar-refractivity contribution is 5.54. The fourth-order valence-electron chi connectivity index (χ4n) is 2.79. The van der Waals surface area contributed by atoms with Crippen LogP contribution in [0.3, 0.4) is 0 Å². The summed E-state index contributed by atoms with van der Waals surface area (Å²) in [6.45, 7) is 3.51. The van der Waals surface area contributed by atoms with Crippen molar-refractivity contribution in [2.24, 2.45) is 0 Å². The van der Waals surface area contributed by atoms with Gasteiger partial charge in [-0.2, -0.15) is 0 Å². The first-order valence-electron chi connectivity index (χ1n) is 7.00. The highest BCUT2D eigenvalue weighted by Crippen LogP contribution is 2.25. The average molecular weight is 230 g/mol. The molecule has 0 unspecified atom stereocenters. The van der Waals surface area contributed by atoms with Gasteiger partial charge in [-0.05, 0) is 37.3 Å². The van der Waals surface area contributed by atoms with E-state index in [1.54, 1.807) is 0 Å². The van der Waals surface area contributed by atoms with E-state index in [1.807, 2.05) is 0 Å². The normalized spacial score (nSPS) is 20.6. The van der Waals surface area contributed by atoms with Crippen molar-refractivity contribution >= 4 is 5.69 Å². The Morgan fingerprint density at radius 1 is 1.06 bits per heavy atom. The van der Waals surface area contributed by atoms with Crippen LogP contribution < -0.4 is 10.2 Å².